The van der Waals surface area contributed by atoms with Gasteiger partial charge in [0.2, 0.25) is 0 Å². The van der Waals surface area contributed by atoms with Gasteiger partial charge in [-0.1, -0.05) is 6.07 Å². The number of rotatable bonds is 2. The molecule has 0 spiro atoms. The zero-order valence-corrected chi connectivity index (χ0v) is 11.3. The maximum Gasteiger partial charge on any atom is 0.144 e. The van der Waals surface area contributed by atoms with Gasteiger partial charge in [-0.2, -0.15) is 0 Å². The SMILES string of the molecule is Cl.Nc1cc2cccnc2cc1O[C@@H]1CC[C@H](O)C1. The Kier molecular flexibility index (Phi) is 4.12. The molecule has 2 aromatic rings. The number of ether oxygens (including phenoxy) is 1. The highest BCUT2D eigenvalue weighted by molar-refractivity contribution is 5.85. The molecular weight excluding hydrogens is 264 g/mol. The second kappa shape index (κ2) is 5.63. The second-order valence-corrected chi connectivity index (χ2v) is 4.79. The summed E-state index contributed by atoms with van der Waals surface area (Å²) in [5.41, 5.74) is 7.48. The van der Waals surface area contributed by atoms with Crippen molar-refractivity contribution >= 4 is 29.0 Å². The predicted molar refractivity (Wildman–Crippen MR) is 77.7 cm³/mol. The molecule has 3 rings (SSSR count). The Hall–Kier alpha value is -1.52. The molecule has 1 fully saturated rings. The molecule has 3 N–H and O–H groups in total. The molecule has 0 unspecified atom stereocenters. The number of halogens is 1. The van der Waals surface area contributed by atoms with Crippen molar-refractivity contribution in [3.8, 4) is 5.75 Å². The molecule has 4 nitrogen and oxygen atoms in total. The average molecular weight is 281 g/mol. The van der Waals surface area contributed by atoms with Crippen molar-refractivity contribution in [3.63, 3.8) is 0 Å². The van der Waals surface area contributed by atoms with Gasteiger partial charge in [-0.3, -0.25) is 4.98 Å². The number of anilines is 1. The lowest BCUT2D eigenvalue weighted by molar-refractivity contribution is 0.150. The summed E-state index contributed by atoms with van der Waals surface area (Å²) in [6, 6.07) is 7.61. The van der Waals surface area contributed by atoms with E-state index >= 15 is 0 Å². The fourth-order valence-corrected chi connectivity index (χ4v) is 2.42. The fraction of sp³-hybridized carbons (Fsp3) is 0.357. The van der Waals surface area contributed by atoms with Gasteiger partial charge in [0.15, 0.2) is 0 Å². The minimum atomic E-state index is -0.241. The van der Waals surface area contributed by atoms with Crippen LogP contribution in [0, 0.1) is 0 Å². The summed E-state index contributed by atoms with van der Waals surface area (Å²) in [5, 5.41) is 10.5. The van der Waals surface area contributed by atoms with E-state index in [1.165, 1.54) is 0 Å². The number of aliphatic hydroxyl groups excluding tert-OH is 1. The maximum absolute atomic E-state index is 9.50. The van der Waals surface area contributed by atoms with E-state index in [-0.39, 0.29) is 24.6 Å². The van der Waals surface area contributed by atoms with Gasteiger partial charge in [0.05, 0.1) is 17.3 Å². The molecule has 1 heterocycles. The summed E-state index contributed by atoms with van der Waals surface area (Å²) in [6.45, 7) is 0. The van der Waals surface area contributed by atoms with Gasteiger partial charge in [-0.05, 0) is 25.0 Å². The Morgan fingerprint density at radius 2 is 2.16 bits per heavy atom. The number of nitrogens with zero attached hydrogens (tertiary/aromatic N) is 1. The van der Waals surface area contributed by atoms with Crippen molar-refractivity contribution in [1.29, 1.82) is 0 Å². The van der Waals surface area contributed by atoms with Gasteiger partial charge in [0, 0.05) is 24.1 Å². The molecule has 2 atom stereocenters. The minimum Gasteiger partial charge on any atom is -0.488 e. The van der Waals surface area contributed by atoms with Crippen LogP contribution in [0.5, 0.6) is 5.75 Å². The summed E-state index contributed by atoms with van der Waals surface area (Å²) in [4.78, 5) is 4.29. The van der Waals surface area contributed by atoms with E-state index in [1.807, 2.05) is 24.3 Å². The van der Waals surface area contributed by atoms with E-state index in [9.17, 15) is 5.11 Å². The topological polar surface area (TPSA) is 68.4 Å². The van der Waals surface area contributed by atoms with Crippen LogP contribution < -0.4 is 10.5 Å². The largest absolute Gasteiger partial charge is 0.488 e. The van der Waals surface area contributed by atoms with Gasteiger partial charge in [0.1, 0.15) is 11.9 Å². The first-order chi connectivity index (χ1) is 8.72. The summed E-state index contributed by atoms with van der Waals surface area (Å²) >= 11 is 0. The van der Waals surface area contributed by atoms with Crippen molar-refractivity contribution < 1.29 is 9.84 Å². The first-order valence-electron chi connectivity index (χ1n) is 6.21. The lowest BCUT2D eigenvalue weighted by Gasteiger charge is -2.15. The average Bonchev–Trinajstić information content (AvgIpc) is 2.76. The number of benzene rings is 1. The van der Waals surface area contributed by atoms with Gasteiger partial charge >= 0.3 is 0 Å². The third-order valence-corrected chi connectivity index (χ3v) is 3.39. The zero-order chi connectivity index (χ0) is 12.5. The van der Waals surface area contributed by atoms with Crippen molar-refractivity contribution in [3.05, 3.63) is 30.5 Å². The summed E-state index contributed by atoms with van der Waals surface area (Å²) < 4.78 is 5.86. The van der Waals surface area contributed by atoms with E-state index in [0.717, 1.165) is 23.7 Å². The van der Waals surface area contributed by atoms with Crippen LogP contribution in [-0.4, -0.2) is 22.3 Å². The molecule has 0 amide bonds. The number of fused-ring (bicyclic) bond motifs is 1. The number of aliphatic hydroxyl groups is 1. The van der Waals surface area contributed by atoms with Crippen LogP contribution in [0.25, 0.3) is 10.9 Å². The van der Waals surface area contributed by atoms with Crippen molar-refractivity contribution in [2.24, 2.45) is 0 Å². The molecule has 1 aliphatic carbocycles. The van der Waals surface area contributed by atoms with Crippen LogP contribution >= 0.6 is 12.4 Å². The van der Waals surface area contributed by atoms with Crippen LogP contribution in [0.3, 0.4) is 0 Å². The minimum absolute atomic E-state index is 0. The lowest BCUT2D eigenvalue weighted by atomic mass is 10.2. The first kappa shape index (κ1) is 13.9. The molecule has 19 heavy (non-hydrogen) atoms. The molecule has 1 aromatic carbocycles. The van der Waals surface area contributed by atoms with Crippen molar-refractivity contribution in [1.82, 2.24) is 4.98 Å². The highest BCUT2D eigenvalue weighted by atomic mass is 35.5. The number of nitrogens with two attached hydrogens (primary N) is 1. The van der Waals surface area contributed by atoms with Crippen LogP contribution in [-0.2, 0) is 0 Å². The summed E-state index contributed by atoms with van der Waals surface area (Å²) in [6.07, 6.45) is 3.93. The van der Waals surface area contributed by atoms with Gasteiger partial charge in [0.25, 0.3) is 0 Å². The molecule has 0 bridgehead atoms. The molecule has 5 heteroatoms. The standard InChI is InChI=1S/C14H16N2O2.ClH/c15-12-6-9-2-1-5-16-13(9)8-14(12)18-11-4-3-10(17)7-11;/h1-2,5-6,8,10-11,17H,3-4,7,15H2;1H/t10-,11+;/m0./s1. The van der Waals surface area contributed by atoms with Gasteiger partial charge in [-0.25, -0.2) is 0 Å². The fourth-order valence-electron chi connectivity index (χ4n) is 2.42. The highest BCUT2D eigenvalue weighted by Crippen LogP contribution is 2.31. The number of hydrogen-bond donors (Lipinski definition) is 2. The smallest absolute Gasteiger partial charge is 0.144 e. The Bertz CT molecular complexity index is 576. The highest BCUT2D eigenvalue weighted by Gasteiger charge is 2.24. The Labute approximate surface area is 118 Å². The predicted octanol–water partition coefficient (Wildman–Crippen LogP) is 2.53. The maximum atomic E-state index is 9.50. The van der Waals surface area contributed by atoms with Crippen molar-refractivity contribution in [2.45, 2.75) is 31.5 Å². The van der Waals surface area contributed by atoms with E-state index in [2.05, 4.69) is 4.98 Å². The van der Waals surface area contributed by atoms with Crippen LogP contribution in [0.2, 0.25) is 0 Å². The number of nitrogen functional groups attached to an aromatic ring is 1. The van der Waals surface area contributed by atoms with Crippen LogP contribution in [0.15, 0.2) is 30.5 Å². The quantitative estimate of drug-likeness (QED) is 0.830. The zero-order valence-electron chi connectivity index (χ0n) is 10.5. The van der Waals surface area contributed by atoms with E-state index in [1.54, 1.807) is 6.20 Å². The molecule has 0 saturated heterocycles. The first-order valence-corrected chi connectivity index (χ1v) is 6.21. The number of pyridine rings is 1. The molecule has 1 aliphatic rings. The van der Waals surface area contributed by atoms with Crippen LogP contribution in [0.4, 0.5) is 5.69 Å². The Morgan fingerprint density at radius 1 is 1.32 bits per heavy atom. The normalized spacial score (nSPS) is 22.2. The third-order valence-electron chi connectivity index (χ3n) is 3.39. The second-order valence-electron chi connectivity index (χ2n) is 4.79. The van der Waals surface area contributed by atoms with Crippen molar-refractivity contribution in [2.75, 3.05) is 5.73 Å². The molecule has 0 aliphatic heterocycles. The monoisotopic (exact) mass is 280 g/mol. The molecule has 102 valence electrons. The molecule has 1 aromatic heterocycles. The van der Waals surface area contributed by atoms with E-state index < -0.39 is 0 Å². The van der Waals surface area contributed by atoms with E-state index in [4.69, 9.17) is 10.5 Å². The summed E-state index contributed by atoms with van der Waals surface area (Å²) in [5.74, 6) is 0.667. The van der Waals surface area contributed by atoms with Gasteiger partial charge in [-0.15, -0.1) is 12.4 Å². The molecule has 1 saturated carbocycles. The lowest BCUT2D eigenvalue weighted by Crippen LogP contribution is -2.14. The molecular formula is C14H17ClN2O2. The molecule has 0 radical (unpaired) electrons. The Morgan fingerprint density at radius 3 is 2.89 bits per heavy atom. The third kappa shape index (κ3) is 2.91. The Balaban J connectivity index is 0.00000133. The number of hydrogen-bond acceptors (Lipinski definition) is 4. The van der Waals surface area contributed by atoms with E-state index in [0.29, 0.717) is 17.9 Å². The van der Waals surface area contributed by atoms with Gasteiger partial charge < -0.3 is 15.6 Å². The summed E-state index contributed by atoms with van der Waals surface area (Å²) in [7, 11) is 0. The van der Waals surface area contributed by atoms with Crippen LogP contribution in [0.1, 0.15) is 19.3 Å². The number of aromatic nitrogens is 1.